The minimum Gasteiger partial charge on any atom is -0.492 e. The number of ether oxygens (including phenoxy) is 3. The second-order valence-electron chi connectivity index (χ2n) is 8.41. The van der Waals surface area contributed by atoms with Gasteiger partial charge in [0, 0.05) is 24.3 Å². The van der Waals surface area contributed by atoms with E-state index in [1.54, 1.807) is 54.5 Å². The van der Waals surface area contributed by atoms with Gasteiger partial charge in [-0.05, 0) is 70.9 Å². The second-order valence-corrected chi connectivity index (χ2v) is 9.26. The summed E-state index contributed by atoms with van der Waals surface area (Å²) in [6.45, 7) is 4.80. The van der Waals surface area contributed by atoms with Gasteiger partial charge in [0.05, 0.1) is 49.2 Å². The molecule has 1 amide bonds. The highest BCUT2D eigenvalue weighted by atomic mass is 79.9. The van der Waals surface area contributed by atoms with E-state index in [1.165, 1.54) is 0 Å². The lowest BCUT2D eigenvalue weighted by Crippen LogP contribution is -2.37. The summed E-state index contributed by atoms with van der Waals surface area (Å²) in [6, 6.07) is 17.7. The molecule has 1 N–H and O–H groups in total. The summed E-state index contributed by atoms with van der Waals surface area (Å²) in [7, 11) is 1.57. The number of halogens is 1. The molecule has 1 heterocycles. The number of carboxylic acids is 1. The fourth-order valence-corrected chi connectivity index (χ4v) is 4.97. The Kier molecular flexibility index (Phi) is 8.68. The van der Waals surface area contributed by atoms with Crippen molar-refractivity contribution in [3.8, 4) is 11.5 Å². The Hall–Kier alpha value is -3.56. The van der Waals surface area contributed by atoms with Crippen LogP contribution in [-0.4, -0.2) is 57.0 Å². The van der Waals surface area contributed by atoms with Gasteiger partial charge in [0.1, 0.15) is 0 Å². The predicted molar refractivity (Wildman–Crippen MR) is 145 cm³/mol. The molecule has 0 atom stereocenters. The quantitative estimate of drug-likeness (QED) is 0.377. The van der Waals surface area contributed by atoms with E-state index in [-0.39, 0.29) is 18.0 Å². The molecule has 8 nitrogen and oxygen atoms in total. The number of rotatable bonds is 9. The molecule has 1 aliphatic heterocycles. The molecule has 0 saturated carbocycles. The minimum absolute atomic E-state index is 0.135. The zero-order valence-electron chi connectivity index (χ0n) is 20.8. The molecule has 0 radical (unpaired) electrons. The number of amides is 1. The summed E-state index contributed by atoms with van der Waals surface area (Å²) in [5, 5.41) is 10.0. The first-order valence-corrected chi connectivity index (χ1v) is 12.8. The molecule has 0 aliphatic carbocycles. The monoisotopic (exact) mass is 568 g/mol. The van der Waals surface area contributed by atoms with Gasteiger partial charge in [0.2, 0.25) is 0 Å². The lowest BCUT2D eigenvalue weighted by molar-refractivity contribution is 0.0696. The number of hydrogen-bond acceptors (Lipinski definition) is 6. The van der Waals surface area contributed by atoms with E-state index in [4.69, 9.17) is 14.2 Å². The highest BCUT2D eigenvalue weighted by Crippen LogP contribution is 2.38. The Morgan fingerprint density at radius 3 is 2.46 bits per heavy atom. The molecule has 4 rings (SSSR count). The molecule has 37 heavy (non-hydrogen) atoms. The van der Waals surface area contributed by atoms with Crippen molar-refractivity contribution < 1.29 is 28.9 Å². The number of hydrogen-bond donors (Lipinski definition) is 1. The number of morpholine rings is 1. The summed E-state index contributed by atoms with van der Waals surface area (Å²) in [5.74, 6) is -0.188. The number of carboxylic acid groups (broad SMARTS) is 1. The van der Waals surface area contributed by atoms with Gasteiger partial charge >= 0.3 is 5.97 Å². The van der Waals surface area contributed by atoms with Crippen LogP contribution in [0.15, 0.2) is 65.1 Å². The number of nitrogens with zero attached hydrogens (tertiary/aromatic N) is 2. The Labute approximate surface area is 224 Å². The lowest BCUT2D eigenvalue weighted by atomic mass is 10.1. The normalized spacial score (nSPS) is 13.2. The van der Waals surface area contributed by atoms with Crippen molar-refractivity contribution in [2.45, 2.75) is 13.5 Å². The molecule has 1 aliphatic rings. The lowest BCUT2D eigenvalue weighted by Gasteiger charge is -2.31. The van der Waals surface area contributed by atoms with Gasteiger partial charge in [-0.3, -0.25) is 4.79 Å². The van der Waals surface area contributed by atoms with Crippen molar-refractivity contribution in [1.82, 2.24) is 0 Å². The molecule has 9 heteroatoms. The molecule has 3 aromatic rings. The van der Waals surface area contributed by atoms with Crippen LogP contribution in [0.25, 0.3) is 0 Å². The summed E-state index contributed by atoms with van der Waals surface area (Å²) in [5.41, 5.74) is 2.51. The standard InChI is InChI=1S/C28H29BrN2O6/c1-3-37-25-16-19(15-23(29)26(25)35-2)18-31(27(32)20-7-5-4-6-8-20)21-9-10-24(22(17-21)28(33)34)30-11-13-36-14-12-30/h4-10,15-17H,3,11-14,18H2,1-2H3,(H,33,34). The maximum Gasteiger partial charge on any atom is 0.337 e. The second kappa shape index (κ2) is 12.1. The van der Waals surface area contributed by atoms with Gasteiger partial charge in [-0.1, -0.05) is 18.2 Å². The topological polar surface area (TPSA) is 88.5 Å². The number of aromatic carboxylic acids is 1. The molecule has 3 aromatic carbocycles. The van der Waals surface area contributed by atoms with E-state index in [9.17, 15) is 14.7 Å². The third kappa shape index (κ3) is 6.06. The Balaban J connectivity index is 1.78. The molecule has 0 bridgehead atoms. The van der Waals surface area contributed by atoms with Crippen molar-refractivity contribution in [3.05, 3.63) is 81.8 Å². The van der Waals surface area contributed by atoms with E-state index >= 15 is 0 Å². The first kappa shape index (κ1) is 26.5. The summed E-state index contributed by atoms with van der Waals surface area (Å²) in [6.07, 6.45) is 0. The van der Waals surface area contributed by atoms with Crippen LogP contribution in [0, 0.1) is 0 Å². The van der Waals surface area contributed by atoms with Crippen LogP contribution < -0.4 is 19.3 Å². The van der Waals surface area contributed by atoms with E-state index in [1.807, 2.05) is 30.0 Å². The third-order valence-electron chi connectivity index (χ3n) is 6.05. The van der Waals surface area contributed by atoms with E-state index in [0.29, 0.717) is 65.8 Å². The zero-order valence-corrected chi connectivity index (χ0v) is 22.4. The molecule has 194 valence electrons. The average Bonchev–Trinajstić information content (AvgIpc) is 2.92. The van der Waals surface area contributed by atoms with Gasteiger partial charge in [0.15, 0.2) is 11.5 Å². The highest BCUT2D eigenvalue weighted by molar-refractivity contribution is 9.10. The smallest absolute Gasteiger partial charge is 0.337 e. The number of benzene rings is 3. The van der Waals surface area contributed by atoms with Crippen molar-refractivity contribution in [2.75, 3.05) is 49.8 Å². The van der Waals surface area contributed by atoms with Crippen LogP contribution in [0.3, 0.4) is 0 Å². The van der Waals surface area contributed by atoms with Crippen LogP contribution in [0.1, 0.15) is 33.2 Å². The van der Waals surface area contributed by atoms with Crippen LogP contribution in [0.2, 0.25) is 0 Å². The largest absolute Gasteiger partial charge is 0.492 e. The Bertz CT molecular complexity index is 1260. The molecule has 1 fully saturated rings. The maximum absolute atomic E-state index is 13.7. The number of carbonyl (C=O) groups is 2. The van der Waals surface area contributed by atoms with Gasteiger partial charge in [-0.2, -0.15) is 0 Å². The first-order valence-electron chi connectivity index (χ1n) is 12.0. The summed E-state index contributed by atoms with van der Waals surface area (Å²) >= 11 is 3.54. The fourth-order valence-electron chi connectivity index (χ4n) is 4.32. The summed E-state index contributed by atoms with van der Waals surface area (Å²) in [4.78, 5) is 29.6. The van der Waals surface area contributed by atoms with Gasteiger partial charge in [-0.25, -0.2) is 4.79 Å². The van der Waals surface area contributed by atoms with Gasteiger partial charge < -0.3 is 29.1 Å². The van der Waals surface area contributed by atoms with Crippen LogP contribution in [-0.2, 0) is 11.3 Å². The summed E-state index contributed by atoms with van der Waals surface area (Å²) < 4.78 is 17.3. The number of carbonyl (C=O) groups excluding carboxylic acids is 1. The number of methoxy groups -OCH3 is 1. The van der Waals surface area contributed by atoms with Crippen LogP contribution >= 0.6 is 15.9 Å². The molecular weight excluding hydrogens is 540 g/mol. The fraction of sp³-hybridized carbons (Fsp3) is 0.286. The van der Waals surface area contributed by atoms with Crippen LogP contribution in [0.5, 0.6) is 11.5 Å². The average molecular weight is 569 g/mol. The van der Waals surface area contributed by atoms with Crippen molar-refractivity contribution in [2.24, 2.45) is 0 Å². The first-order chi connectivity index (χ1) is 17.9. The molecule has 1 saturated heterocycles. The van der Waals surface area contributed by atoms with E-state index in [0.717, 1.165) is 5.56 Å². The molecule has 0 unspecified atom stereocenters. The third-order valence-corrected chi connectivity index (χ3v) is 6.64. The highest BCUT2D eigenvalue weighted by Gasteiger charge is 2.24. The molecule has 0 aromatic heterocycles. The maximum atomic E-state index is 13.7. The van der Waals surface area contributed by atoms with Crippen molar-refractivity contribution in [1.29, 1.82) is 0 Å². The molecular formula is C28H29BrN2O6. The molecule has 0 spiro atoms. The predicted octanol–water partition coefficient (Wildman–Crippen LogP) is 5.24. The van der Waals surface area contributed by atoms with E-state index in [2.05, 4.69) is 15.9 Å². The number of anilines is 2. The van der Waals surface area contributed by atoms with Crippen molar-refractivity contribution >= 4 is 39.2 Å². The SMILES string of the molecule is CCOc1cc(CN(C(=O)c2ccccc2)c2ccc(N3CCOCC3)c(C(=O)O)c2)cc(Br)c1OC. The van der Waals surface area contributed by atoms with Crippen molar-refractivity contribution in [3.63, 3.8) is 0 Å². The Morgan fingerprint density at radius 1 is 1.08 bits per heavy atom. The van der Waals surface area contributed by atoms with Gasteiger partial charge in [-0.15, -0.1) is 0 Å². The Morgan fingerprint density at radius 2 is 1.81 bits per heavy atom. The van der Waals surface area contributed by atoms with Crippen LogP contribution in [0.4, 0.5) is 11.4 Å². The zero-order chi connectivity index (χ0) is 26.4. The minimum atomic E-state index is -1.05. The van der Waals surface area contributed by atoms with Gasteiger partial charge in [0.25, 0.3) is 5.91 Å². The van der Waals surface area contributed by atoms with E-state index < -0.39 is 5.97 Å².